The summed E-state index contributed by atoms with van der Waals surface area (Å²) in [6.07, 6.45) is -2.60. The van der Waals surface area contributed by atoms with Crippen LogP contribution in [0.4, 0.5) is 29.2 Å². The number of nitrogens with zero attached hydrogens (tertiary/aromatic N) is 8. The van der Waals surface area contributed by atoms with Gasteiger partial charge in [-0.3, -0.25) is 0 Å². The van der Waals surface area contributed by atoms with Crippen molar-refractivity contribution < 1.29 is 17.6 Å². The van der Waals surface area contributed by atoms with Crippen LogP contribution in [0.5, 0.6) is 0 Å². The van der Waals surface area contributed by atoms with Crippen LogP contribution < -0.4 is 9.80 Å². The highest BCUT2D eigenvalue weighted by atomic mass is 19.4. The van der Waals surface area contributed by atoms with Crippen molar-refractivity contribution in [2.24, 2.45) is 0 Å². The van der Waals surface area contributed by atoms with E-state index in [0.717, 1.165) is 12.8 Å². The Morgan fingerprint density at radius 2 is 1.67 bits per heavy atom. The maximum atomic E-state index is 14.6. The number of hydrogen-bond acceptors (Lipinski definition) is 7. The van der Waals surface area contributed by atoms with Crippen molar-refractivity contribution in [3.8, 4) is 0 Å². The van der Waals surface area contributed by atoms with Crippen molar-refractivity contribution in [3.05, 3.63) is 35.3 Å². The molecule has 0 radical (unpaired) electrons. The number of rotatable bonds is 3. The number of fused-ring (bicyclic) bond motifs is 1. The van der Waals surface area contributed by atoms with Crippen molar-refractivity contribution >= 4 is 17.3 Å². The molecule has 0 amide bonds. The topological polar surface area (TPSA) is 75.3 Å². The number of aryl methyl sites for hydroxylation is 1. The Hall–Kier alpha value is -3.05. The molecule has 3 aromatic rings. The number of halogens is 4. The summed E-state index contributed by atoms with van der Waals surface area (Å²) in [4.78, 5) is 12.4. The van der Waals surface area contributed by atoms with Crippen LogP contribution in [-0.2, 0) is 6.18 Å². The summed E-state index contributed by atoms with van der Waals surface area (Å²) in [6.45, 7) is 3.49. The summed E-state index contributed by atoms with van der Waals surface area (Å²) in [5, 5.41) is 10.8. The number of hydrogen-bond donors (Lipinski definition) is 0. The summed E-state index contributed by atoms with van der Waals surface area (Å²) < 4.78 is 54.6. The van der Waals surface area contributed by atoms with Crippen LogP contribution in [0.3, 0.4) is 0 Å². The lowest BCUT2D eigenvalue weighted by molar-refractivity contribution is -0.146. The zero-order valence-corrected chi connectivity index (χ0v) is 16.1. The first-order chi connectivity index (χ1) is 14.3. The van der Waals surface area contributed by atoms with Crippen molar-refractivity contribution in [2.45, 2.75) is 31.9 Å². The lowest BCUT2D eigenvalue weighted by atomic mass is 10.2. The van der Waals surface area contributed by atoms with Crippen LogP contribution in [0, 0.1) is 12.7 Å². The van der Waals surface area contributed by atoms with Gasteiger partial charge in [-0.15, -0.1) is 15.3 Å². The fraction of sp³-hybridized carbons (Fsp3) is 0.500. The molecule has 0 unspecified atom stereocenters. The van der Waals surface area contributed by atoms with Crippen LogP contribution in [-0.4, -0.2) is 56.0 Å². The van der Waals surface area contributed by atoms with E-state index >= 15 is 0 Å². The van der Waals surface area contributed by atoms with Gasteiger partial charge in [0, 0.05) is 32.1 Å². The average Bonchev–Trinajstić information content (AvgIpc) is 3.47. The van der Waals surface area contributed by atoms with E-state index in [1.54, 1.807) is 13.0 Å². The van der Waals surface area contributed by atoms with Crippen molar-refractivity contribution in [1.82, 2.24) is 29.8 Å². The number of piperazine rings is 1. The van der Waals surface area contributed by atoms with Gasteiger partial charge in [-0.25, -0.2) is 14.4 Å². The third kappa shape index (κ3) is 3.29. The second kappa shape index (κ2) is 6.74. The Labute approximate surface area is 168 Å². The summed E-state index contributed by atoms with van der Waals surface area (Å²) in [7, 11) is 0. The number of anilines is 2. The Balaban J connectivity index is 1.36. The Morgan fingerprint density at radius 3 is 2.33 bits per heavy atom. The molecule has 30 heavy (non-hydrogen) atoms. The minimum Gasteiger partial charge on any atom is -0.352 e. The first kappa shape index (κ1) is 18.9. The van der Waals surface area contributed by atoms with Crippen LogP contribution in [0.15, 0.2) is 12.1 Å². The lowest BCUT2D eigenvalue weighted by Crippen LogP contribution is -2.47. The summed E-state index contributed by atoms with van der Waals surface area (Å²) in [6, 6.07) is 3.06. The SMILES string of the molecule is Cc1nc(C2CC2)nc(N2CCN(c3ccc4nnc(C(F)(F)F)n4n3)CC2)c1F. The van der Waals surface area contributed by atoms with Gasteiger partial charge in [-0.1, -0.05) is 0 Å². The Bertz CT molecular complexity index is 1100. The van der Waals surface area contributed by atoms with Crippen molar-refractivity contribution in [3.63, 3.8) is 0 Å². The van der Waals surface area contributed by atoms with Crippen molar-refractivity contribution in [1.29, 1.82) is 0 Å². The maximum Gasteiger partial charge on any atom is 0.453 e. The van der Waals surface area contributed by atoms with E-state index in [4.69, 9.17) is 0 Å². The maximum absolute atomic E-state index is 14.6. The fourth-order valence-corrected chi connectivity index (χ4v) is 3.57. The molecule has 0 spiro atoms. The first-order valence-corrected chi connectivity index (χ1v) is 9.65. The second-order valence-electron chi connectivity index (χ2n) is 7.54. The predicted octanol–water partition coefficient (Wildman–Crippen LogP) is 2.58. The van der Waals surface area contributed by atoms with Gasteiger partial charge in [-0.2, -0.15) is 17.7 Å². The fourth-order valence-electron chi connectivity index (χ4n) is 3.57. The molecule has 1 aliphatic carbocycles. The molecule has 4 heterocycles. The van der Waals surface area contributed by atoms with Crippen LogP contribution in [0.2, 0.25) is 0 Å². The highest BCUT2D eigenvalue weighted by Gasteiger charge is 2.38. The van der Waals surface area contributed by atoms with Gasteiger partial charge in [0.2, 0.25) is 0 Å². The zero-order chi connectivity index (χ0) is 21.0. The molecule has 2 aliphatic rings. The molecular weight excluding hydrogens is 404 g/mol. The second-order valence-corrected chi connectivity index (χ2v) is 7.54. The molecule has 0 atom stereocenters. The normalized spacial score (nSPS) is 17.8. The Kier molecular flexibility index (Phi) is 4.26. The molecule has 1 aliphatic heterocycles. The largest absolute Gasteiger partial charge is 0.453 e. The molecular formula is C18H18F4N8. The van der Waals surface area contributed by atoms with Gasteiger partial charge in [0.1, 0.15) is 11.6 Å². The van der Waals surface area contributed by atoms with Gasteiger partial charge < -0.3 is 9.80 Å². The average molecular weight is 422 g/mol. The van der Waals surface area contributed by atoms with E-state index in [2.05, 4.69) is 25.3 Å². The molecule has 2 fully saturated rings. The molecule has 3 aromatic heterocycles. The summed E-state index contributed by atoms with van der Waals surface area (Å²) >= 11 is 0. The Morgan fingerprint density at radius 1 is 0.967 bits per heavy atom. The van der Waals surface area contributed by atoms with E-state index in [9.17, 15) is 17.6 Å². The van der Waals surface area contributed by atoms with Crippen LogP contribution in [0.1, 0.15) is 36.1 Å². The summed E-state index contributed by atoms with van der Waals surface area (Å²) in [5.41, 5.74) is 0.361. The van der Waals surface area contributed by atoms with Crippen LogP contribution in [0.25, 0.3) is 5.65 Å². The number of aromatic nitrogens is 6. The highest BCUT2D eigenvalue weighted by molar-refractivity contribution is 5.49. The molecule has 1 saturated heterocycles. The molecule has 8 nitrogen and oxygen atoms in total. The molecule has 0 aromatic carbocycles. The van der Waals surface area contributed by atoms with Gasteiger partial charge in [0.15, 0.2) is 17.3 Å². The third-order valence-electron chi connectivity index (χ3n) is 5.36. The molecule has 0 bridgehead atoms. The quantitative estimate of drug-likeness (QED) is 0.601. The predicted molar refractivity (Wildman–Crippen MR) is 98.9 cm³/mol. The van der Waals surface area contributed by atoms with E-state index < -0.39 is 17.8 Å². The van der Waals surface area contributed by atoms with E-state index in [1.165, 1.54) is 6.07 Å². The van der Waals surface area contributed by atoms with E-state index in [1.807, 2.05) is 9.80 Å². The summed E-state index contributed by atoms with van der Waals surface area (Å²) in [5.74, 6) is 0.0875. The van der Waals surface area contributed by atoms with Gasteiger partial charge in [0.05, 0.1) is 5.69 Å². The first-order valence-electron chi connectivity index (χ1n) is 9.65. The molecule has 12 heteroatoms. The third-order valence-corrected chi connectivity index (χ3v) is 5.36. The van der Waals surface area contributed by atoms with Crippen LogP contribution >= 0.6 is 0 Å². The minimum atomic E-state index is -4.65. The van der Waals surface area contributed by atoms with Gasteiger partial charge in [-0.05, 0) is 31.9 Å². The molecule has 158 valence electrons. The van der Waals surface area contributed by atoms with Crippen molar-refractivity contribution in [2.75, 3.05) is 36.0 Å². The highest BCUT2D eigenvalue weighted by Crippen LogP contribution is 2.39. The van der Waals surface area contributed by atoms with Gasteiger partial charge >= 0.3 is 6.18 Å². The standard InChI is InChI=1S/C18H18F4N8/c1-10-14(19)16(24-15(23-10)11-2-3-11)29-8-6-28(7-9-29)13-5-4-12-25-26-17(18(20,21)22)30(12)27-13/h4-5,11H,2-3,6-9H2,1H3. The molecule has 5 rings (SSSR count). The minimum absolute atomic E-state index is 0.0239. The zero-order valence-electron chi connectivity index (χ0n) is 16.1. The molecule has 0 N–H and O–H groups in total. The smallest absolute Gasteiger partial charge is 0.352 e. The number of alkyl halides is 3. The van der Waals surface area contributed by atoms with Gasteiger partial charge in [0.25, 0.3) is 5.82 Å². The monoisotopic (exact) mass is 422 g/mol. The van der Waals surface area contributed by atoms with E-state index in [-0.39, 0.29) is 5.65 Å². The lowest BCUT2D eigenvalue weighted by Gasteiger charge is -2.36. The van der Waals surface area contributed by atoms with E-state index in [0.29, 0.717) is 59.8 Å². The molecule has 1 saturated carbocycles.